The number of aromatic nitrogens is 2. The number of rotatable bonds is 2. The Morgan fingerprint density at radius 1 is 1.29 bits per heavy atom. The summed E-state index contributed by atoms with van der Waals surface area (Å²) in [6.07, 6.45) is 1.44. The molecule has 1 aliphatic rings. The summed E-state index contributed by atoms with van der Waals surface area (Å²) in [6.45, 7) is 4.29. The number of para-hydroxylation sites is 2. The fraction of sp³-hybridized carbons (Fsp3) is 0.267. The fourth-order valence-electron chi connectivity index (χ4n) is 2.59. The first kappa shape index (κ1) is 13.4. The van der Waals surface area contributed by atoms with Crippen molar-refractivity contribution in [3.63, 3.8) is 0 Å². The molecule has 3 rings (SSSR count). The normalized spacial score (nSPS) is 14.0. The van der Waals surface area contributed by atoms with E-state index in [0.717, 1.165) is 16.9 Å². The molecule has 0 fully saturated rings. The van der Waals surface area contributed by atoms with Crippen LogP contribution in [0.2, 0.25) is 0 Å². The number of fused-ring (bicyclic) bond motifs is 1. The van der Waals surface area contributed by atoms with Gasteiger partial charge in [-0.1, -0.05) is 26.0 Å². The summed E-state index contributed by atoms with van der Waals surface area (Å²) < 4.78 is 0. The lowest BCUT2D eigenvalue weighted by Crippen LogP contribution is -2.36. The molecule has 21 heavy (non-hydrogen) atoms. The van der Waals surface area contributed by atoms with Crippen LogP contribution in [0.25, 0.3) is 0 Å². The number of hydrogen-bond donors (Lipinski definition) is 2. The van der Waals surface area contributed by atoms with Gasteiger partial charge in [-0.25, -0.2) is 9.97 Å². The Balaban J connectivity index is 2.18. The number of anilines is 4. The highest BCUT2D eigenvalue weighted by atomic mass is 16.2. The number of nitrogens with zero attached hydrogens (tertiary/aromatic N) is 3. The van der Waals surface area contributed by atoms with E-state index < -0.39 is 0 Å². The first-order valence-electron chi connectivity index (χ1n) is 6.84. The highest BCUT2D eigenvalue weighted by molar-refractivity contribution is 6.03. The summed E-state index contributed by atoms with van der Waals surface area (Å²) in [5, 5.41) is 2.87. The predicted octanol–water partition coefficient (Wildman–Crippen LogP) is 2.27. The summed E-state index contributed by atoms with van der Waals surface area (Å²) in [6, 6.07) is 7.65. The van der Waals surface area contributed by atoms with Crippen LogP contribution in [-0.2, 0) is 4.79 Å². The van der Waals surface area contributed by atoms with Crippen LogP contribution in [0.4, 0.5) is 23.0 Å². The molecule has 0 atom stereocenters. The van der Waals surface area contributed by atoms with Crippen LogP contribution in [0.1, 0.15) is 25.3 Å². The SMILES string of the molecule is CC(C)c1c(N)ncnc1N1CC(=O)Nc2ccccc21. The number of nitrogens with two attached hydrogens (primary N) is 1. The van der Waals surface area contributed by atoms with Crippen molar-refractivity contribution >= 4 is 28.9 Å². The Bertz CT molecular complexity index is 698. The second-order valence-electron chi connectivity index (χ2n) is 5.30. The number of carbonyl (C=O) groups excluding carboxylic acids is 1. The van der Waals surface area contributed by atoms with E-state index in [1.807, 2.05) is 43.0 Å². The van der Waals surface area contributed by atoms with Gasteiger partial charge in [-0.15, -0.1) is 0 Å². The van der Waals surface area contributed by atoms with Crippen molar-refractivity contribution in [2.24, 2.45) is 0 Å². The smallest absolute Gasteiger partial charge is 0.244 e. The Morgan fingerprint density at radius 3 is 2.81 bits per heavy atom. The monoisotopic (exact) mass is 283 g/mol. The van der Waals surface area contributed by atoms with Gasteiger partial charge in [0.1, 0.15) is 24.5 Å². The van der Waals surface area contributed by atoms with Crippen molar-refractivity contribution in [3.8, 4) is 0 Å². The van der Waals surface area contributed by atoms with Gasteiger partial charge in [0.05, 0.1) is 11.4 Å². The van der Waals surface area contributed by atoms with Gasteiger partial charge in [0.15, 0.2) is 0 Å². The summed E-state index contributed by atoms with van der Waals surface area (Å²) in [4.78, 5) is 22.3. The van der Waals surface area contributed by atoms with Crippen LogP contribution < -0.4 is 16.0 Å². The minimum atomic E-state index is -0.0689. The van der Waals surface area contributed by atoms with Crippen molar-refractivity contribution < 1.29 is 4.79 Å². The average Bonchev–Trinajstić information content (AvgIpc) is 2.45. The molecule has 6 nitrogen and oxygen atoms in total. The molecule has 2 aromatic rings. The number of amides is 1. The third kappa shape index (κ3) is 2.29. The van der Waals surface area contributed by atoms with Gasteiger partial charge in [-0.2, -0.15) is 0 Å². The maximum absolute atomic E-state index is 11.9. The molecule has 0 unspecified atom stereocenters. The highest BCUT2D eigenvalue weighted by Gasteiger charge is 2.27. The molecule has 1 amide bonds. The maximum atomic E-state index is 11.9. The maximum Gasteiger partial charge on any atom is 0.244 e. The van der Waals surface area contributed by atoms with Crippen molar-refractivity contribution in [1.82, 2.24) is 9.97 Å². The molecule has 2 heterocycles. The summed E-state index contributed by atoms with van der Waals surface area (Å²) in [5.41, 5.74) is 8.56. The molecule has 0 spiro atoms. The molecule has 1 aliphatic heterocycles. The number of benzene rings is 1. The molecule has 6 heteroatoms. The van der Waals surface area contributed by atoms with Crippen LogP contribution in [0.3, 0.4) is 0 Å². The van der Waals surface area contributed by atoms with E-state index in [0.29, 0.717) is 11.6 Å². The van der Waals surface area contributed by atoms with Gasteiger partial charge in [0, 0.05) is 5.56 Å². The van der Waals surface area contributed by atoms with E-state index in [2.05, 4.69) is 15.3 Å². The molecule has 0 aliphatic carbocycles. The first-order chi connectivity index (χ1) is 10.1. The third-order valence-electron chi connectivity index (χ3n) is 3.50. The van der Waals surface area contributed by atoms with E-state index in [-0.39, 0.29) is 18.4 Å². The highest BCUT2D eigenvalue weighted by Crippen LogP contribution is 2.38. The lowest BCUT2D eigenvalue weighted by molar-refractivity contribution is -0.115. The summed E-state index contributed by atoms with van der Waals surface area (Å²) in [7, 11) is 0. The van der Waals surface area contributed by atoms with E-state index in [1.165, 1.54) is 6.33 Å². The number of hydrogen-bond acceptors (Lipinski definition) is 5. The minimum absolute atomic E-state index is 0.0689. The van der Waals surface area contributed by atoms with Crippen molar-refractivity contribution in [3.05, 3.63) is 36.2 Å². The Kier molecular flexibility index (Phi) is 3.21. The molecule has 0 radical (unpaired) electrons. The molecule has 108 valence electrons. The lowest BCUT2D eigenvalue weighted by atomic mass is 10.0. The van der Waals surface area contributed by atoms with Gasteiger partial charge in [-0.05, 0) is 18.1 Å². The number of carbonyl (C=O) groups is 1. The number of nitrogen functional groups attached to an aromatic ring is 1. The zero-order valence-corrected chi connectivity index (χ0v) is 12.0. The van der Waals surface area contributed by atoms with Crippen LogP contribution in [0.5, 0.6) is 0 Å². The standard InChI is InChI=1S/C15H17N5O/c1-9(2)13-14(16)17-8-18-15(13)20-7-12(21)19-10-5-3-4-6-11(10)20/h3-6,8-9H,7H2,1-2H3,(H,19,21)(H2,16,17,18). The van der Waals surface area contributed by atoms with E-state index in [9.17, 15) is 4.79 Å². The average molecular weight is 283 g/mol. The van der Waals surface area contributed by atoms with Crippen molar-refractivity contribution in [1.29, 1.82) is 0 Å². The van der Waals surface area contributed by atoms with Crippen LogP contribution in [0.15, 0.2) is 30.6 Å². The third-order valence-corrected chi connectivity index (χ3v) is 3.50. The lowest BCUT2D eigenvalue weighted by Gasteiger charge is -2.32. The molecular formula is C15H17N5O. The molecular weight excluding hydrogens is 266 g/mol. The van der Waals surface area contributed by atoms with Crippen molar-refractivity contribution in [2.75, 3.05) is 22.5 Å². The Labute approximate surface area is 123 Å². The fourth-order valence-corrected chi connectivity index (χ4v) is 2.59. The van der Waals surface area contributed by atoms with Gasteiger partial charge in [0.25, 0.3) is 0 Å². The Hall–Kier alpha value is -2.63. The molecule has 0 bridgehead atoms. The van der Waals surface area contributed by atoms with Gasteiger partial charge in [-0.3, -0.25) is 4.79 Å². The second-order valence-corrected chi connectivity index (χ2v) is 5.30. The summed E-state index contributed by atoms with van der Waals surface area (Å²) >= 11 is 0. The second kappa shape index (κ2) is 5.05. The predicted molar refractivity (Wildman–Crippen MR) is 82.6 cm³/mol. The van der Waals surface area contributed by atoms with Crippen LogP contribution in [-0.4, -0.2) is 22.4 Å². The van der Waals surface area contributed by atoms with Crippen LogP contribution in [0, 0.1) is 0 Å². The molecule has 0 saturated carbocycles. The quantitative estimate of drug-likeness (QED) is 0.883. The molecule has 0 saturated heterocycles. The van der Waals surface area contributed by atoms with Crippen molar-refractivity contribution in [2.45, 2.75) is 19.8 Å². The van der Waals surface area contributed by atoms with Crippen LogP contribution >= 0.6 is 0 Å². The zero-order valence-electron chi connectivity index (χ0n) is 12.0. The zero-order chi connectivity index (χ0) is 15.0. The minimum Gasteiger partial charge on any atom is -0.383 e. The molecule has 1 aromatic carbocycles. The summed E-state index contributed by atoms with van der Waals surface area (Å²) in [5.74, 6) is 1.25. The van der Waals surface area contributed by atoms with Gasteiger partial charge >= 0.3 is 0 Å². The van der Waals surface area contributed by atoms with Gasteiger partial charge in [0.2, 0.25) is 5.91 Å². The Morgan fingerprint density at radius 2 is 2.05 bits per heavy atom. The first-order valence-corrected chi connectivity index (χ1v) is 6.84. The topological polar surface area (TPSA) is 84.1 Å². The molecule has 3 N–H and O–H groups in total. The number of nitrogens with one attached hydrogen (secondary N) is 1. The largest absolute Gasteiger partial charge is 0.383 e. The van der Waals surface area contributed by atoms with E-state index in [4.69, 9.17) is 5.73 Å². The molecule has 1 aromatic heterocycles. The van der Waals surface area contributed by atoms with E-state index >= 15 is 0 Å². The van der Waals surface area contributed by atoms with Gasteiger partial charge < -0.3 is 16.0 Å². The van der Waals surface area contributed by atoms with E-state index in [1.54, 1.807) is 0 Å².